The van der Waals surface area contributed by atoms with E-state index in [1.165, 1.54) is 32.1 Å². The first-order valence-electron chi connectivity index (χ1n) is 7.16. The Hall–Kier alpha value is -0.730. The number of nitrogens with zero attached hydrogens (tertiary/aromatic N) is 1. The maximum Gasteiger partial charge on any atom is 0.188 e. The Bertz CT molecular complexity index is 275. The lowest BCUT2D eigenvalue weighted by atomic mass is 9.65. The van der Waals surface area contributed by atoms with Crippen LogP contribution in [0.5, 0.6) is 0 Å². The zero-order chi connectivity index (χ0) is 12.3. The minimum Gasteiger partial charge on any atom is -0.370 e. The molecule has 2 fully saturated rings. The second-order valence-electron chi connectivity index (χ2n) is 6.30. The summed E-state index contributed by atoms with van der Waals surface area (Å²) in [4.78, 5) is 4.56. The van der Waals surface area contributed by atoms with Crippen molar-refractivity contribution in [2.24, 2.45) is 28.0 Å². The number of hydrogen-bond donors (Lipinski definition) is 2. The molecule has 0 heterocycles. The van der Waals surface area contributed by atoms with E-state index in [0.29, 0.717) is 11.4 Å². The quantitative estimate of drug-likeness (QED) is 0.551. The first-order chi connectivity index (χ1) is 8.12. The molecule has 0 aliphatic heterocycles. The Balaban J connectivity index is 1.71. The van der Waals surface area contributed by atoms with Gasteiger partial charge in [-0.2, -0.15) is 0 Å². The van der Waals surface area contributed by atoms with Gasteiger partial charge in [0.1, 0.15) is 0 Å². The smallest absolute Gasteiger partial charge is 0.188 e. The molecule has 2 aliphatic carbocycles. The van der Waals surface area contributed by atoms with Crippen LogP contribution in [0.3, 0.4) is 0 Å². The molecule has 3 heteroatoms. The van der Waals surface area contributed by atoms with Gasteiger partial charge in [-0.1, -0.05) is 20.3 Å². The Morgan fingerprint density at radius 2 is 2.12 bits per heavy atom. The predicted molar refractivity (Wildman–Crippen MR) is 73.0 cm³/mol. The molecule has 2 rings (SSSR count). The van der Waals surface area contributed by atoms with Crippen molar-refractivity contribution in [2.45, 2.75) is 52.4 Å². The van der Waals surface area contributed by atoms with E-state index in [9.17, 15) is 0 Å². The molecule has 0 atom stereocenters. The summed E-state index contributed by atoms with van der Waals surface area (Å²) in [5.41, 5.74) is 6.45. The van der Waals surface area contributed by atoms with Crippen molar-refractivity contribution in [2.75, 3.05) is 13.1 Å². The van der Waals surface area contributed by atoms with Gasteiger partial charge in [0.2, 0.25) is 0 Å². The molecule has 3 N–H and O–H groups in total. The van der Waals surface area contributed by atoms with Crippen LogP contribution in [0.15, 0.2) is 4.99 Å². The summed E-state index contributed by atoms with van der Waals surface area (Å²) in [6.45, 7) is 6.36. The summed E-state index contributed by atoms with van der Waals surface area (Å²) < 4.78 is 0. The molecule has 0 spiro atoms. The third kappa shape index (κ3) is 3.36. The fourth-order valence-electron chi connectivity index (χ4n) is 2.81. The van der Waals surface area contributed by atoms with Crippen LogP contribution in [-0.4, -0.2) is 19.0 Å². The van der Waals surface area contributed by atoms with Gasteiger partial charge < -0.3 is 11.1 Å². The summed E-state index contributed by atoms with van der Waals surface area (Å²) >= 11 is 0. The predicted octanol–water partition coefficient (Wildman–Crippen LogP) is 2.52. The van der Waals surface area contributed by atoms with Crippen molar-refractivity contribution in [1.82, 2.24) is 5.32 Å². The van der Waals surface area contributed by atoms with Crippen molar-refractivity contribution in [3.63, 3.8) is 0 Å². The molecule has 0 radical (unpaired) electrons. The van der Waals surface area contributed by atoms with Crippen LogP contribution in [-0.2, 0) is 0 Å². The molecular weight excluding hydrogens is 210 g/mol. The van der Waals surface area contributed by atoms with E-state index in [1.807, 2.05) is 0 Å². The van der Waals surface area contributed by atoms with Crippen LogP contribution >= 0.6 is 0 Å². The molecule has 0 saturated heterocycles. The monoisotopic (exact) mass is 237 g/mol. The van der Waals surface area contributed by atoms with E-state index < -0.39 is 0 Å². The van der Waals surface area contributed by atoms with Crippen molar-refractivity contribution in [3.05, 3.63) is 0 Å². The lowest BCUT2D eigenvalue weighted by Gasteiger charge is -2.41. The normalized spacial score (nSPS) is 23.6. The molecule has 98 valence electrons. The van der Waals surface area contributed by atoms with Crippen LogP contribution in [0.4, 0.5) is 0 Å². The lowest BCUT2D eigenvalue weighted by molar-refractivity contribution is 0.113. The zero-order valence-electron chi connectivity index (χ0n) is 11.3. The number of nitrogens with one attached hydrogen (secondary N) is 1. The SMILES string of the molecule is CC(C)CCNC(N)=NCC1(C2CC2)CCC1. The molecule has 0 aromatic carbocycles. The average Bonchev–Trinajstić information content (AvgIpc) is 2.99. The number of hydrogen-bond acceptors (Lipinski definition) is 1. The number of guanidine groups is 1. The highest BCUT2D eigenvalue weighted by Gasteiger charge is 2.48. The number of aliphatic imine (C=N–C) groups is 1. The van der Waals surface area contributed by atoms with Gasteiger partial charge in [0, 0.05) is 13.1 Å². The molecule has 17 heavy (non-hydrogen) atoms. The highest BCUT2D eigenvalue weighted by atomic mass is 15.1. The largest absolute Gasteiger partial charge is 0.370 e. The molecule has 0 amide bonds. The van der Waals surface area contributed by atoms with Crippen molar-refractivity contribution in [3.8, 4) is 0 Å². The van der Waals surface area contributed by atoms with E-state index >= 15 is 0 Å². The van der Waals surface area contributed by atoms with Crippen LogP contribution in [0, 0.1) is 17.3 Å². The van der Waals surface area contributed by atoms with Gasteiger partial charge in [-0.3, -0.25) is 4.99 Å². The summed E-state index contributed by atoms with van der Waals surface area (Å²) in [6, 6.07) is 0. The highest BCUT2D eigenvalue weighted by molar-refractivity contribution is 5.77. The first-order valence-corrected chi connectivity index (χ1v) is 7.16. The minimum atomic E-state index is 0.546. The Morgan fingerprint density at radius 1 is 1.41 bits per heavy atom. The van der Waals surface area contributed by atoms with Crippen LogP contribution < -0.4 is 11.1 Å². The number of rotatable bonds is 6. The maximum atomic E-state index is 5.91. The van der Waals surface area contributed by atoms with Gasteiger partial charge in [0.15, 0.2) is 5.96 Å². The molecular formula is C14H27N3. The van der Waals surface area contributed by atoms with Gasteiger partial charge in [-0.25, -0.2) is 0 Å². The van der Waals surface area contributed by atoms with E-state index in [2.05, 4.69) is 24.2 Å². The Morgan fingerprint density at radius 3 is 2.59 bits per heavy atom. The third-order valence-corrected chi connectivity index (χ3v) is 4.38. The fraction of sp³-hybridized carbons (Fsp3) is 0.929. The first kappa shape index (κ1) is 12.7. The fourth-order valence-corrected chi connectivity index (χ4v) is 2.81. The zero-order valence-corrected chi connectivity index (χ0v) is 11.3. The van der Waals surface area contributed by atoms with Crippen LogP contribution in [0.2, 0.25) is 0 Å². The molecule has 0 unspecified atom stereocenters. The van der Waals surface area contributed by atoms with Gasteiger partial charge in [-0.05, 0) is 49.4 Å². The van der Waals surface area contributed by atoms with Gasteiger partial charge in [0.25, 0.3) is 0 Å². The second-order valence-corrected chi connectivity index (χ2v) is 6.30. The summed E-state index contributed by atoms with van der Waals surface area (Å²) in [6.07, 6.45) is 8.16. The molecule has 0 bridgehead atoms. The molecule has 0 aromatic rings. The second kappa shape index (κ2) is 5.28. The van der Waals surface area contributed by atoms with Gasteiger partial charge in [-0.15, -0.1) is 0 Å². The topological polar surface area (TPSA) is 50.4 Å². The Labute approximate surface area is 105 Å². The van der Waals surface area contributed by atoms with Crippen molar-refractivity contribution >= 4 is 5.96 Å². The van der Waals surface area contributed by atoms with E-state index in [-0.39, 0.29) is 0 Å². The van der Waals surface area contributed by atoms with Crippen LogP contribution in [0.25, 0.3) is 0 Å². The van der Waals surface area contributed by atoms with E-state index in [1.54, 1.807) is 0 Å². The third-order valence-electron chi connectivity index (χ3n) is 4.38. The van der Waals surface area contributed by atoms with Crippen LogP contribution in [0.1, 0.15) is 52.4 Å². The maximum absolute atomic E-state index is 5.91. The summed E-state index contributed by atoms with van der Waals surface area (Å²) in [7, 11) is 0. The van der Waals surface area contributed by atoms with Gasteiger partial charge >= 0.3 is 0 Å². The standard InChI is InChI=1S/C14H27N3/c1-11(2)6-9-16-13(15)17-10-14(7-3-8-14)12-4-5-12/h11-12H,3-10H2,1-2H3,(H3,15,16,17). The van der Waals surface area contributed by atoms with E-state index in [4.69, 9.17) is 5.73 Å². The molecule has 2 aliphatic rings. The van der Waals surface area contributed by atoms with Crippen molar-refractivity contribution in [1.29, 1.82) is 0 Å². The van der Waals surface area contributed by atoms with E-state index in [0.717, 1.165) is 31.3 Å². The summed E-state index contributed by atoms with van der Waals surface area (Å²) in [5, 5.41) is 3.22. The highest BCUT2D eigenvalue weighted by Crippen LogP contribution is 2.57. The number of nitrogens with two attached hydrogens (primary N) is 1. The lowest BCUT2D eigenvalue weighted by Crippen LogP contribution is -2.38. The molecule has 2 saturated carbocycles. The van der Waals surface area contributed by atoms with Gasteiger partial charge in [0.05, 0.1) is 0 Å². The van der Waals surface area contributed by atoms with Crippen molar-refractivity contribution < 1.29 is 0 Å². The molecule has 0 aromatic heterocycles. The average molecular weight is 237 g/mol. The molecule has 3 nitrogen and oxygen atoms in total. The minimum absolute atomic E-state index is 0.546. The Kier molecular flexibility index (Phi) is 3.95. The summed E-state index contributed by atoms with van der Waals surface area (Å²) in [5.74, 6) is 2.33.